The number of hydrogen-bond donors (Lipinski definition) is 1. The number of rotatable bonds is 6. The minimum absolute atomic E-state index is 0.0715. The summed E-state index contributed by atoms with van der Waals surface area (Å²) in [6, 6.07) is 16.4. The number of nitrogens with one attached hydrogen (secondary N) is 1. The van der Waals surface area contributed by atoms with E-state index in [2.05, 4.69) is 5.32 Å². The molecule has 2 aromatic rings. The van der Waals surface area contributed by atoms with Gasteiger partial charge in [0, 0.05) is 12.0 Å². The normalized spacial score (nSPS) is 26.5. The standard InChI is InChI=1S/C23H27NO5S/c1-15(2)20(25)18-19(16-11-7-5-8-12-16)24-23(3,22(26)29-4)21(18)30(27,28)17-13-9-6-10-14-17/h5-15,18-19,21,24H,1-4H3/t18-,19+,21-,23+/m0/s1. The molecule has 1 N–H and O–H groups in total. The van der Waals surface area contributed by atoms with Gasteiger partial charge in [-0.2, -0.15) is 0 Å². The molecule has 0 saturated carbocycles. The molecule has 1 saturated heterocycles. The summed E-state index contributed by atoms with van der Waals surface area (Å²) in [6.07, 6.45) is 0. The largest absolute Gasteiger partial charge is 0.468 e. The summed E-state index contributed by atoms with van der Waals surface area (Å²) >= 11 is 0. The van der Waals surface area contributed by atoms with Crippen molar-refractivity contribution in [3.05, 3.63) is 66.2 Å². The Balaban J connectivity index is 2.27. The minimum Gasteiger partial charge on any atom is -0.468 e. The van der Waals surface area contributed by atoms with Crippen molar-refractivity contribution in [3.8, 4) is 0 Å². The van der Waals surface area contributed by atoms with Crippen LogP contribution in [0.2, 0.25) is 0 Å². The molecule has 0 unspecified atom stereocenters. The average molecular weight is 430 g/mol. The van der Waals surface area contributed by atoms with Crippen LogP contribution < -0.4 is 5.32 Å². The van der Waals surface area contributed by atoms with Crippen molar-refractivity contribution in [3.63, 3.8) is 0 Å². The highest BCUT2D eigenvalue weighted by molar-refractivity contribution is 7.92. The number of sulfone groups is 1. The lowest BCUT2D eigenvalue weighted by Crippen LogP contribution is -2.56. The zero-order valence-corrected chi connectivity index (χ0v) is 18.3. The maximum atomic E-state index is 13.8. The molecular weight excluding hydrogens is 402 g/mol. The molecule has 4 atom stereocenters. The molecule has 1 fully saturated rings. The van der Waals surface area contributed by atoms with Crippen molar-refractivity contribution in [1.29, 1.82) is 0 Å². The number of ether oxygens (including phenoxy) is 1. The van der Waals surface area contributed by atoms with Crippen molar-refractivity contribution in [2.75, 3.05) is 7.11 Å². The summed E-state index contributed by atoms with van der Waals surface area (Å²) in [4.78, 5) is 26.3. The second kappa shape index (κ2) is 8.32. The number of carbonyl (C=O) groups is 2. The lowest BCUT2D eigenvalue weighted by Gasteiger charge is -2.30. The molecule has 6 nitrogen and oxygen atoms in total. The Morgan fingerprint density at radius 2 is 1.53 bits per heavy atom. The Hall–Kier alpha value is -2.51. The first-order valence-corrected chi connectivity index (χ1v) is 11.4. The van der Waals surface area contributed by atoms with Crippen LogP contribution in [0.15, 0.2) is 65.6 Å². The zero-order valence-electron chi connectivity index (χ0n) is 17.5. The minimum atomic E-state index is -4.05. The van der Waals surface area contributed by atoms with E-state index in [4.69, 9.17) is 4.74 Å². The first-order valence-electron chi connectivity index (χ1n) is 9.88. The third-order valence-electron chi connectivity index (χ3n) is 5.78. The molecule has 0 aliphatic carbocycles. The van der Waals surface area contributed by atoms with Gasteiger partial charge in [-0.25, -0.2) is 8.42 Å². The first-order chi connectivity index (χ1) is 14.1. The fourth-order valence-corrected chi connectivity index (χ4v) is 6.62. The number of ketones is 1. The van der Waals surface area contributed by atoms with Crippen LogP contribution in [0.3, 0.4) is 0 Å². The molecule has 30 heavy (non-hydrogen) atoms. The van der Waals surface area contributed by atoms with Gasteiger partial charge in [0.25, 0.3) is 0 Å². The van der Waals surface area contributed by atoms with Gasteiger partial charge in [-0.15, -0.1) is 0 Å². The van der Waals surface area contributed by atoms with Gasteiger partial charge in [0.05, 0.1) is 17.9 Å². The molecule has 0 radical (unpaired) electrons. The van der Waals surface area contributed by atoms with Crippen LogP contribution in [0.25, 0.3) is 0 Å². The molecule has 2 aromatic carbocycles. The van der Waals surface area contributed by atoms with Gasteiger partial charge in [-0.1, -0.05) is 62.4 Å². The maximum absolute atomic E-state index is 13.8. The monoisotopic (exact) mass is 429 g/mol. The van der Waals surface area contributed by atoms with Crippen molar-refractivity contribution in [1.82, 2.24) is 5.32 Å². The van der Waals surface area contributed by atoms with Crippen molar-refractivity contribution in [2.24, 2.45) is 11.8 Å². The molecular formula is C23H27NO5S. The first kappa shape index (κ1) is 22.2. The average Bonchev–Trinajstić information content (AvgIpc) is 3.08. The highest BCUT2D eigenvalue weighted by atomic mass is 32.2. The van der Waals surface area contributed by atoms with E-state index in [1.807, 2.05) is 30.3 Å². The third-order valence-corrected chi connectivity index (χ3v) is 8.14. The predicted molar refractivity (Wildman–Crippen MR) is 113 cm³/mol. The van der Waals surface area contributed by atoms with E-state index in [0.29, 0.717) is 0 Å². The molecule has 1 aliphatic heterocycles. The van der Waals surface area contributed by atoms with Crippen LogP contribution in [0.5, 0.6) is 0 Å². The quantitative estimate of drug-likeness (QED) is 0.710. The molecule has 0 spiro atoms. The third kappa shape index (κ3) is 3.68. The summed E-state index contributed by atoms with van der Waals surface area (Å²) in [6.45, 7) is 4.99. The molecule has 3 rings (SSSR count). The maximum Gasteiger partial charge on any atom is 0.327 e. The smallest absolute Gasteiger partial charge is 0.327 e. The van der Waals surface area contributed by atoms with Gasteiger partial charge in [0.1, 0.15) is 16.6 Å². The van der Waals surface area contributed by atoms with E-state index in [0.717, 1.165) is 5.56 Å². The van der Waals surface area contributed by atoms with E-state index in [1.54, 1.807) is 32.0 Å². The van der Waals surface area contributed by atoms with Crippen LogP contribution in [0.1, 0.15) is 32.4 Å². The number of benzene rings is 2. The summed E-state index contributed by atoms with van der Waals surface area (Å²) < 4.78 is 32.6. The van der Waals surface area contributed by atoms with E-state index >= 15 is 0 Å². The van der Waals surface area contributed by atoms with Gasteiger partial charge in [0.15, 0.2) is 9.84 Å². The highest BCUT2D eigenvalue weighted by Gasteiger charge is 2.63. The second-order valence-electron chi connectivity index (χ2n) is 8.09. The van der Waals surface area contributed by atoms with Crippen molar-refractivity contribution in [2.45, 2.75) is 42.5 Å². The summed E-state index contributed by atoms with van der Waals surface area (Å²) in [5.41, 5.74) is -0.850. The second-order valence-corrected chi connectivity index (χ2v) is 10.2. The molecule has 160 valence electrons. The van der Waals surface area contributed by atoms with Crippen LogP contribution >= 0.6 is 0 Å². The number of hydrogen-bond acceptors (Lipinski definition) is 6. The van der Waals surface area contributed by atoms with Crippen molar-refractivity contribution >= 4 is 21.6 Å². The lowest BCUT2D eigenvalue weighted by molar-refractivity contribution is -0.147. The van der Waals surface area contributed by atoms with Gasteiger partial charge in [-0.3, -0.25) is 14.9 Å². The number of carbonyl (C=O) groups excluding carboxylic acids is 2. The lowest BCUT2D eigenvalue weighted by atomic mass is 9.82. The molecule has 7 heteroatoms. The van der Waals surface area contributed by atoms with Gasteiger partial charge >= 0.3 is 5.97 Å². The Bertz CT molecular complexity index is 1020. The van der Waals surface area contributed by atoms with E-state index < -0.39 is 44.5 Å². The molecule has 0 bridgehead atoms. The summed E-state index contributed by atoms with van der Waals surface area (Å²) in [5.74, 6) is -2.29. The van der Waals surface area contributed by atoms with Crippen LogP contribution in [0.4, 0.5) is 0 Å². The molecule has 0 amide bonds. The molecule has 1 heterocycles. The van der Waals surface area contributed by atoms with Crippen molar-refractivity contribution < 1.29 is 22.7 Å². The number of methoxy groups -OCH3 is 1. The fourth-order valence-electron chi connectivity index (χ4n) is 4.33. The molecule has 0 aromatic heterocycles. The highest BCUT2D eigenvalue weighted by Crippen LogP contribution is 2.46. The SMILES string of the molecule is COC(=O)[C@]1(C)N[C@H](c2ccccc2)[C@@H](C(=O)C(C)C)[C@@H]1S(=O)(=O)c1ccccc1. The molecule has 1 aliphatic rings. The van der Waals surface area contributed by atoms with E-state index in [-0.39, 0.29) is 10.7 Å². The Kier molecular flexibility index (Phi) is 6.15. The number of esters is 1. The number of Topliss-reactive ketones (excluding diaryl/α,β-unsaturated/α-hetero) is 1. The van der Waals surface area contributed by atoms with Gasteiger partial charge in [0.2, 0.25) is 0 Å². The predicted octanol–water partition coefficient (Wildman–Crippen LogP) is 2.95. The van der Waals surface area contributed by atoms with Crippen LogP contribution in [0, 0.1) is 11.8 Å². The van der Waals surface area contributed by atoms with E-state index in [9.17, 15) is 18.0 Å². The zero-order chi connectivity index (χ0) is 22.1. The van der Waals surface area contributed by atoms with Gasteiger partial charge < -0.3 is 4.74 Å². The van der Waals surface area contributed by atoms with E-state index in [1.165, 1.54) is 26.2 Å². The Morgan fingerprint density at radius 1 is 1.00 bits per heavy atom. The van der Waals surface area contributed by atoms with Crippen LogP contribution in [-0.2, 0) is 24.2 Å². The van der Waals surface area contributed by atoms with Crippen LogP contribution in [-0.4, -0.2) is 38.1 Å². The fraction of sp³-hybridized carbons (Fsp3) is 0.391. The summed E-state index contributed by atoms with van der Waals surface area (Å²) in [5, 5.41) is 1.85. The Labute approximate surface area is 177 Å². The van der Waals surface area contributed by atoms with Gasteiger partial charge in [-0.05, 0) is 24.6 Å². The topological polar surface area (TPSA) is 89.5 Å². The summed E-state index contributed by atoms with van der Waals surface area (Å²) in [7, 11) is -2.84. The Morgan fingerprint density at radius 3 is 2.03 bits per heavy atom.